The number of hydrogen-bond acceptors (Lipinski definition) is 4. The van der Waals surface area contributed by atoms with Gasteiger partial charge in [-0.25, -0.2) is 4.98 Å². The molecule has 2 aromatic rings. The molecule has 3 N–H and O–H groups in total. The highest BCUT2D eigenvalue weighted by molar-refractivity contribution is 5.94. The fraction of sp³-hybridized carbons (Fsp3) is 0.438. The number of aromatic amines is 1. The van der Waals surface area contributed by atoms with Gasteiger partial charge in [0.05, 0.1) is 0 Å². The van der Waals surface area contributed by atoms with E-state index in [4.69, 9.17) is 5.73 Å². The van der Waals surface area contributed by atoms with E-state index >= 15 is 0 Å². The van der Waals surface area contributed by atoms with Crippen molar-refractivity contribution >= 4 is 5.91 Å². The molecule has 116 valence electrons. The number of nitrogens with two attached hydrogens (primary N) is 1. The number of nitrogens with zero attached hydrogens (tertiary/aromatic N) is 3. The van der Waals surface area contributed by atoms with Crippen LogP contribution in [0.5, 0.6) is 0 Å². The van der Waals surface area contributed by atoms with Gasteiger partial charge in [-0.2, -0.15) is 5.10 Å². The summed E-state index contributed by atoms with van der Waals surface area (Å²) in [7, 11) is 0. The summed E-state index contributed by atoms with van der Waals surface area (Å²) in [5.41, 5.74) is 7.44. The average Bonchev–Trinajstić information content (AvgIpc) is 3.14. The van der Waals surface area contributed by atoms with E-state index in [-0.39, 0.29) is 11.3 Å². The van der Waals surface area contributed by atoms with Crippen LogP contribution in [0, 0.1) is 12.3 Å². The Labute approximate surface area is 129 Å². The van der Waals surface area contributed by atoms with Crippen LogP contribution < -0.4 is 5.73 Å². The highest BCUT2D eigenvalue weighted by atomic mass is 16.2. The van der Waals surface area contributed by atoms with Gasteiger partial charge in [-0.05, 0) is 37.4 Å². The number of carbonyl (C=O) groups excluding carboxylic acids is 1. The number of carbonyl (C=O) groups is 1. The molecule has 6 heteroatoms. The second kappa shape index (κ2) is 5.53. The molecule has 1 aliphatic heterocycles. The van der Waals surface area contributed by atoms with E-state index in [9.17, 15) is 4.79 Å². The summed E-state index contributed by atoms with van der Waals surface area (Å²) in [5.74, 6) is 1.48. The highest BCUT2D eigenvalue weighted by Crippen LogP contribution is 2.29. The van der Waals surface area contributed by atoms with Crippen molar-refractivity contribution in [1.29, 1.82) is 0 Å². The van der Waals surface area contributed by atoms with E-state index in [1.807, 2.05) is 36.1 Å². The summed E-state index contributed by atoms with van der Waals surface area (Å²) in [6.07, 6.45) is 0.962. The highest BCUT2D eigenvalue weighted by Gasteiger charge is 2.35. The molecule has 22 heavy (non-hydrogen) atoms. The molecule has 3 rings (SSSR count). The smallest absolute Gasteiger partial charge is 0.253 e. The van der Waals surface area contributed by atoms with E-state index < -0.39 is 0 Å². The number of H-pyrrole nitrogens is 1. The second-order valence-corrected chi connectivity index (χ2v) is 6.31. The number of benzene rings is 1. The van der Waals surface area contributed by atoms with Crippen molar-refractivity contribution in [2.45, 2.75) is 20.3 Å². The second-order valence-electron chi connectivity index (χ2n) is 6.31. The summed E-state index contributed by atoms with van der Waals surface area (Å²) < 4.78 is 0. The Balaban J connectivity index is 1.74. The molecule has 0 saturated carbocycles. The lowest BCUT2D eigenvalue weighted by molar-refractivity contribution is 0.0777. The molecule has 0 spiro atoms. The van der Waals surface area contributed by atoms with Crippen LogP contribution >= 0.6 is 0 Å². The van der Waals surface area contributed by atoms with E-state index in [1.54, 1.807) is 0 Å². The topological polar surface area (TPSA) is 87.9 Å². The van der Waals surface area contributed by atoms with E-state index in [0.29, 0.717) is 17.9 Å². The Morgan fingerprint density at radius 2 is 2.14 bits per heavy atom. The van der Waals surface area contributed by atoms with Crippen molar-refractivity contribution in [1.82, 2.24) is 20.1 Å². The van der Waals surface area contributed by atoms with Crippen LogP contribution in [-0.4, -0.2) is 45.6 Å². The average molecular weight is 299 g/mol. The summed E-state index contributed by atoms with van der Waals surface area (Å²) in [6, 6.07) is 7.44. The van der Waals surface area contributed by atoms with Crippen LogP contribution in [0.1, 0.15) is 29.5 Å². The first-order valence-corrected chi connectivity index (χ1v) is 7.49. The van der Waals surface area contributed by atoms with Gasteiger partial charge in [0.15, 0.2) is 5.82 Å². The third-order valence-electron chi connectivity index (χ3n) is 4.33. The fourth-order valence-corrected chi connectivity index (χ4v) is 2.78. The molecular formula is C16H21N5O. The molecule has 2 heterocycles. The standard InChI is InChI=1S/C16H21N5O/c1-11-18-14(20-19-11)12-3-5-13(6-4-12)15(22)21-8-7-16(2,9-17)10-21/h3-6H,7-10,17H2,1-2H3,(H,18,19,20). The Morgan fingerprint density at radius 1 is 1.41 bits per heavy atom. The summed E-state index contributed by atoms with van der Waals surface area (Å²) in [5, 5.41) is 6.94. The van der Waals surface area contributed by atoms with Crippen LogP contribution in [0.2, 0.25) is 0 Å². The Hall–Kier alpha value is -2.21. The molecular weight excluding hydrogens is 278 g/mol. The minimum Gasteiger partial charge on any atom is -0.338 e. The van der Waals surface area contributed by atoms with Crippen molar-refractivity contribution in [3.8, 4) is 11.4 Å². The number of aromatic nitrogens is 3. The van der Waals surface area contributed by atoms with Crippen molar-refractivity contribution < 1.29 is 4.79 Å². The van der Waals surface area contributed by atoms with Crippen LogP contribution in [-0.2, 0) is 0 Å². The lowest BCUT2D eigenvalue weighted by Crippen LogP contribution is -2.34. The Kier molecular flexibility index (Phi) is 3.70. The molecule has 1 amide bonds. The summed E-state index contributed by atoms with van der Waals surface area (Å²) in [4.78, 5) is 18.7. The quantitative estimate of drug-likeness (QED) is 0.901. The third kappa shape index (κ3) is 2.74. The molecule has 1 aromatic carbocycles. The minimum absolute atomic E-state index is 0.0477. The van der Waals surface area contributed by atoms with Gasteiger partial charge in [-0.3, -0.25) is 9.89 Å². The third-order valence-corrected chi connectivity index (χ3v) is 4.33. The molecule has 6 nitrogen and oxygen atoms in total. The van der Waals surface area contributed by atoms with E-state index in [2.05, 4.69) is 22.1 Å². The molecule has 1 aromatic heterocycles. The van der Waals surface area contributed by atoms with Gasteiger partial charge in [0.1, 0.15) is 5.82 Å². The van der Waals surface area contributed by atoms with Crippen molar-refractivity contribution in [3.63, 3.8) is 0 Å². The van der Waals surface area contributed by atoms with Crippen LogP contribution in [0.4, 0.5) is 0 Å². The maximum atomic E-state index is 12.6. The Morgan fingerprint density at radius 3 is 2.68 bits per heavy atom. The van der Waals surface area contributed by atoms with E-state index in [1.165, 1.54) is 0 Å². The zero-order valence-electron chi connectivity index (χ0n) is 13.0. The summed E-state index contributed by atoms with van der Waals surface area (Å²) >= 11 is 0. The molecule has 0 radical (unpaired) electrons. The zero-order chi connectivity index (χ0) is 15.7. The number of nitrogens with one attached hydrogen (secondary N) is 1. The molecule has 1 atom stereocenters. The number of hydrogen-bond donors (Lipinski definition) is 2. The molecule has 0 aliphatic carbocycles. The molecule has 1 aliphatic rings. The Bertz CT molecular complexity index is 678. The first kappa shape index (κ1) is 14.7. The molecule has 1 unspecified atom stereocenters. The van der Waals surface area contributed by atoms with Gasteiger partial charge >= 0.3 is 0 Å². The number of aryl methyl sites for hydroxylation is 1. The van der Waals surface area contributed by atoms with Gasteiger partial charge in [0, 0.05) is 24.2 Å². The van der Waals surface area contributed by atoms with E-state index in [0.717, 1.165) is 30.9 Å². The van der Waals surface area contributed by atoms with Gasteiger partial charge in [0.2, 0.25) is 0 Å². The summed E-state index contributed by atoms with van der Waals surface area (Å²) in [6.45, 7) is 6.10. The van der Waals surface area contributed by atoms with Crippen molar-refractivity contribution in [2.75, 3.05) is 19.6 Å². The van der Waals surface area contributed by atoms with Crippen LogP contribution in [0.25, 0.3) is 11.4 Å². The lowest BCUT2D eigenvalue weighted by atomic mass is 9.90. The van der Waals surface area contributed by atoms with Gasteiger partial charge in [0.25, 0.3) is 5.91 Å². The fourth-order valence-electron chi connectivity index (χ4n) is 2.78. The van der Waals surface area contributed by atoms with Gasteiger partial charge in [-0.15, -0.1) is 0 Å². The van der Waals surface area contributed by atoms with Crippen molar-refractivity contribution in [3.05, 3.63) is 35.7 Å². The first-order valence-electron chi connectivity index (χ1n) is 7.49. The SMILES string of the molecule is Cc1nc(-c2ccc(C(=O)N3CCC(C)(CN)C3)cc2)n[nH]1. The predicted molar refractivity (Wildman–Crippen MR) is 84.2 cm³/mol. The molecule has 1 fully saturated rings. The maximum Gasteiger partial charge on any atom is 0.253 e. The minimum atomic E-state index is 0.0477. The lowest BCUT2D eigenvalue weighted by Gasteiger charge is -2.22. The number of amides is 1. The maximum absolute atomic E-state index is 12.6. The van der Waals surface area contributed by atoms with Crippen LogP contribution in [0.3, 0.4) is 0 Å². The van der Waals surface area contributed by atoms with Gasteiger partial charge in [-0.1, -0.05) is 19.1 Å². The monoisotopic (exact) mass is 299 g/mol. The molecule has 0 bridgehead atoms. The number of likely N-dealkylation sites (tertiary alicyclic amines) is 1. The number of rotatable bonds is 3. The normalized spacial score (nSPS) is 21.3. The van der Waals surface area contributed by atoms with Crippen LogP contribution in [0.15, 0.2) is 24.3 Å². The zero-order valence-corrected chi connectivity index (χ0v) is 13.0. The van der Waals surface area contributed by atoms with Crippen molar-refractivity contribution in [2.24, 2.45) is 11.1 Å². The predicted octanol–water partition coefficient (Wildman–Crippen LogP) is 1.59. The first-order chi connectivity index (χ1) is 10.5. The molecule has 1 saturated heterocycles. The van der Waals surface area contributed by atoms with Gasteiger partial charge < -0.3 is 10.6 Å². The largest absolute Gasteiger partial charge is 0.338 e.